The van der Waals surface area contributed by atoms with Crippen LogP contribution in [0.4, 0.5) is 0 Å². The average Bonchev–Trinajstić information content (AvgIpc) is 3.43. The van der Waals surface area contributed by atoms with E-state index in [1.165, 1.54) is 6.20 Å². The predicted molar refractivity (Wildman–Crippen MR) is 119 cm³/mol. The summed E-state index contributed by atoms with van der Waals surface area (Å²) in [6, 6.07) is 17.5. The second-order valence-electron chi connectivity index (χ2n) is 7.28. The fourth-order valence-electron chi connectivity index (χ4n) is 3.87. The molecule has 5 aromatic heterocycles. The molecule has 0 aliphatic rings. The summed E-state index contributed by atoms with van der Waals surface area (Å²) in [6.07, 6.45) is 6.70. The molecule has 7 heteroatoms. The van der Waals surface area contributed by atoms with Crippen molar-refractivity contribution in [3.63, 3.8) is 0 Å². The number of nitrogens with zero attached hydrogens (tertiary/aromatic N) is 4. The topological polar surface area (TPSA) is 103 Å². The van der Waals surface area contributed by atoms with Crippen molar-refractivity contribution in [2.45, 2.75) is 0 Å². The summed E-state index contributed by atoms with van der Waals surface area (Å²) >= 11 is 0. The molecule has 31 heavy (non-hydrogen) atoms. The van der Waals surface area contributed by atoms with Crippen LogP contribution >= 0.6 is 0 Å². The summed E-state index contributed by atoms with van der Waals surface area (Å²) in [5.74, 6) is 0.134. The quantitative estimate of drug-likeness (QED) is 0.388. The predicted octanol–water partition coefficient (Wildman–Crippen LogP) is 4.94. The van der Waals surface area contributed by atoms with Crippen LogP contribution in [0.2, 0.25) is 0 Å². The van der Waals surface area contributed by atoms with Crippen LogP contribution in [0.1, 0.15) is 0 Å². The van der Waals surface area contributed by atoms with Crippen molar-refractivity contribution in [1.29, 1.82) is 0 Å². The van der Waals surface area contributed by atoms with E-state index in [-0.39, 0.29) is 5.75 Å². The summed E-state index contributed by atoms with van der Waals surface area (Å²) in [6.45, 7) is 0. The standard InChI is InChI=1S/C24H16N6O/c31-16-9-15(12-25-13-16)14-4-5-20-17(10-14)24(30-29-20)22-11-18-19(28-22)6-8-27-23(18)21-3-1-2-7-26-21/h1-13,28,31H,(H,29,30). The van der Waals surface area contributed by atoms with Crippen LogP contribution in [-0.4, -0.2) is 35.2 Å². The lowest BCUT2D eigenvalue weighted by atomic mass is 10.0. The molecule has 0 fully saturated rings. The zero-order valence-electron chi connectivity index (χ0n) is 16.2. The number of aromatic hydroxyl groups is 1. The molecule has 7 nitrogen and oxygen atoms in total. The molecule has 0 amide bonds. The number of benzene rings is 1. The molecule has 0 saturated carbocycles. The van der Waals surface area contributed by atoms with Crippen molar-refractivity contribution >= 4 is 21.8 Å². The molecular weight excluding hydrogens is 388 g/mol. The first kappa shape index (κ1) is 17.3. The second kappa shape index (κ2) is 6.77. The van der Waals surface area contributed by atoms with E-state index >= 15 is 0 Å². The van der Waals surface area contributed by atoms with Gasteiger partial charge in [0.25, 0.3) is 0 Å². The van der Waals surface area contributed by atoms with E-state index in [1.807, 2.05) is 42.5 Å². The third-order valence-corrected chi connectivity index (χ3v) is 5.33. The maximum absolute atomic E-state index is 9.78. The van der Waals surface area contributed by atoms with Gasteiger partial charge in [-0.1, -0.05) is 12.1 Å². The smallest absolute Gasteiger partial charge is 0.134 e. The van der Waals surface area contributed by atoms with E-state index in [0.717, 1.165) is 55.7 Å². The second-order valence-corrected chi connectivity index (χ2v) is 7.28. The van der Waals surface area contributed by atoms with Gasteiger partial charge in [-0.25, -0.2) is 0 Å². The van der Waals surface area contributed by atoms with Gasteiger partial charge >= 0.3 is 0 Å². The number of hydrogen-bond donors (Lipinski definition) is 3. The minimum absolute atomic E-state index is 0.134. The highest BCUT2D eigenvalue weighted by Crippen LogP contribution is 2.34. The van der Waals surface area contributed by atoms with Gasteiger partial charge in [-0.15, -0.1) is 0 Å². The number of aromatic nitrogens is 6. The van der Waals surface area contributed by atoms with Gasteiger partial charge in [0.2, 0.25) is 0 Å². The van der Waals surface area contributed by atoms with Gasteiger partial charge in [0.15, 0.2) is 0 Å². The highest BCUT2D eigenvalue weighted by molar-refractivity contribution is 6.00. The first-order valence-electron chi connectivity index (χ1n) is 9.78. The number of fused-ring (bicyclic) bond motifs is 2. The number of H-pyrrole nitrogens is 2. The maximum atomic E-state index is 9.78. The van der Waals surface area contributed by atoms with E-state index < -0.39 is 0 Å². The molecule has 148 valence electrons. The van der Waals surface area contributed by atoms with Crippen molar-refractivity contribution < 1.29 is 5.11 Å². The van der Waals surface area contributed by atoms with E-state index in [0.29, 0.717) is 0 Å². The van der Waals surface area contributed by atoms with Crippen LogP contribution < -0.4 is 0 Å². The summed E-state index contributed by atoms with van der Waals surface area (Å²) in [4.78, 5) is 16.6. The average molecular weight is 404 g/mol. The van der Waals surface area contributed by atoms with Crippen molar-refractivity contribution in [2.24, 2.45) is 0 Å². The monoisotopic (exact) mass is 404 g/mol. The van der Waals surface area contributed by atoms with E-state index in [2.05, 4.69) is 36.2 Å². The number of pyridine rings is 3. The van der Waals surface area contributed by atoms with E-state index in [4.69, 9.17) is 0 Å². The zero-order valence-corrected chi connectivity index (χ0v) is 16.2. The molecule has 6 aromatic rings. The lowest BCUT2D eigenvalue weighted by Gasteiger charge is -2.02. The van der Waals surface area contributed by atoms with Crippen molar-refractivity contribution in [3.05, 3.63) is 79.4 Å². The van der Waals surface area contributed by atoms with Gasteiger partial charge in [0, 0.05) is 40.4 Å². The first-order chi connectivity index (χ1) is 15.3. The highest BCUT2D eigenvalue weighted by Gasteiger charge is 2.15. The largest absolute Gasteiger partial charge is 0.506 e. The Bertz CT molecular complexity index is 1550. The molecule has 3 N–H and O–H groups in total. The molecule has 0 radical (unpaired) electrons. The number of nitrogens with one attached hydrogen (secondary N) is 2. The molecule has 6 rings (SSSR count). The number of aromatic amines is 2. The molecule has 0 aliphatic heterocycles. The van der Waals surface area contributed by atoms with Crippen LogP contribution in [0.25, 0.3) is 55.7 Å². The molecule has 1 aromatic carbocycles. The summed E-state index contributed by atoms with van der Waals surface area (Å²) < 4.78 is 0. The van der Waals surface area contributed by atoms with Gasteiger partial charge in [0.05, 0.1) is 28.8 Å². The third kappa shape index (κ3) is 2.91. The van der Waals surface area contributed by atoms with E-state index in [1.54, 1.807) is 24.7 Å². The Morgan fingerprint density at radius 2 is 1.68 bits per heavy atom. The van der Waals surface area contributed by atoms with Crippen molar-refractivity contribution in [1.82, 2.24) is 30.1 Å². The Labute approximate surface area is 176 Å². The highest BCUT2D eigenvalue weighted by atomic mass is 16.3. The van der Waals surface area contributed by atoms with Gasteiger partial charge in [-0.3, -0.25) is 20.1 Å². The molecule has 0 spiro atoms. The lowest BCUT2D eigenvalue weighted by molar-refractivity contribution is 0.473. The number of hydrogen-bond acceptors (Lipinski definition) is 5. The molecule has 0 saturated heterocycles. The normalized spacial score (nSPS) is 11.4. The van der Waals surface area contributed by atoms with Gasteiger partial charge in [0.1, 0.15) is 11.4 Å². The minimum Gasteiger partial charge on any atom is -0.506 e. The molecule has 0 atom stereocenters. The lowest BCUT2D eigenvalue weighted by Crippen LogP contribution is -1.86. The third-order valence-electron chi connectivity index (χ3n) is 5.33. The van der Waals surface area contributed by atoms with Gasteiger partial charge in [-0.05, 0) is 48.0 Å². The Balaban J connectivity index is 1.51. The molecule has 0 unspecified atom stereocenters. The van der Waals surface area contributed by atoms with Crippen molar-refractivity contribution in [3.8, 4) is 39.7 Å². The fraction of sp³-hybridized carbons (Fsp3) is 0. The Morgan fingerprint density at radius 1 is 0.742 bits per heavy atom. The van der Waals surface area contributed by atoms with Gasteiger partial charge < -0.3 is 10.1 Å². The Morgan fingerprint density at radius 3 is 2.55 bits per heavy atom. The van der Waals surface area contributed by atoms with Crippen LogP contribution in [0.3, 0.4) is 0 Å². The SMILES string of the molecule is Oc1cncc(-c2ccc3[nH]nc(-c4cc5c(-c6ccccn6)nccc5[nH]4)c3c2)c1. The fourth-order valence-corrected chi connectivity index (χ4v) is 3.87. The number of rotatable bonds is 3. The maximum Gasteiger partial charge on any atom is 0.134 e. The summed E-state index contributed by atoms with van der Waals surface area (Å²) in [5, 5.41) is 19.4. The van der Waals surface area contributed by atoms with Crippen LogP contribution in [0, 0.1) is 0 Å². The minimum atomic E-state index is 0.134. The summed E-state index contributed by atoms with van der Waals surface area (Å²) in [5.41, 5.74) is 7.03. The van der Waals surface area contributed by atoms with Crippen molar-refractivity contribution in [2.75, 3.05) is 0 Å². The first-order valence-corrected chi connectivity index (χ1v) is 9.78. The Hall–Kier alpha value is -4.52. The molecule has 0 bridgehead atoms. The summed E-state index contributed by atoms with van der Waals surface area (Å²) in [7, 11) is 0. The van der Waals surface area contributed by atoms with Crippen LogP contribution in [0.15, 0.2) is 79.4 Å². The van der Waals surface area contributed by atoms with Crippen LogP contribution in [0.5, 0.6) is 5.75 Å². The van der Waals surface area contributed by atoms with Gasteiger partial charge in [-0.2, -0.15) is 5.10 Å². The van der Waals surface area contributed by atoms with E-state index in [9.17, 15) is 5.11 Å². The zero-order chi connectivity index (χ0) is 20.8. The molecule has 0 aliphatic carbocycles. The molecule has 5 heterocycles. The van der Waals surface area contributed by atoms with Crippen LogP contribution in [-0.2, 0) is 0 Å². The Kier molecular flexibility index (Phi) is 3.79. The molecular formula is C24H16N6O.